The molecule has 0 fully saturated rings. The van der Waals surface area contributed by atoms with Crippen molar-refractivity contribution in [2.24, 2.45) is 0 Å². The molecule has 0 amide bonds. The molecule has 0 aliphatic carbocycles. The molecule has 0 saturated carbocycles. The fourth-order valence-electron chi connectivity index (χ4n) is 2.99. The van der Waals surface area contributed by atoms with E-state index in [1.165, 1.54) is 12.1 Å². The van der Waals surface area contributed by atoms with Crippen LogP contribution < -0.4 is 5.56 Å². The number of fused-ring (bicyclic) bond motifs is 1. The molecule has 2 aromatic heterocycles. The van der Waals surface area contributed by atoms with Gasteiger partial charge in [-0.15, -0.1) is 0 Å². The molecule has 0 bridgehead atoms. The lowest BCUT2D eigenvalue weighted by molar-refractivity contribution is 0.241. The first-order valence-electron chi connectivity index (χ1n) is 7.82. The van der Waals surface area contributed by atoms with E-state index in [0.29, 0.717) is 36.7 Å². The number of aromatic amines is 1. The topological polar surface area (TPSA) is 62.1 Å². The molecule has 1 aliphatic rings. The van der Waals surface area contributed by atoms with Gasteiger partial charge >= 0.3 is 0 Å². The molecule has 5 nitrogen and oxygen atoms in total. The van der Waals surface area contributed by atoms with E-state index in [1.807, 2.05) is 0 Å². The minimum Gasteiger partial charge on any atom is -0.461 e. The van der Waals surface area contributed by atoms with E-state index < -0.39 is 0 Å². The van der Waals surface area contributed by atoms with Gasteiger partial charge in [-0.2, -0.15) is 0 Å². The molecule has 0 spiro atoms. The second-order valence-corrected chi connectivity index (χ2v) is 5.90. The fraction of sp³-hybridized carbons (Fsp3) is 0.222. The molecule has 0 saturated heterocycles. The second-order valence-electron chi connectivity index (χ2n) is 5.90. The second kappa shape index (κ2) is 6.05. The van der Waals surface area contributed by atoms with Crippen LogP contribution in [0.5, 0.6) is 0 Å². The molecule has 6 heteroatoms. The summed E-state index contributed by atoms with van der Waals surface area (Å²) in [6.07, 6.45) is 2.26. The zero-order chi connectivity index (χ0) is 16.5. The average Bonchev–Trinajstić information content (AvgIpc) is 3.12. The van der Waals surface area contributed by atoms with Gasteiger partial charge in [0.25, 0.3) is 5.56 Å². The van der Waals surface area contributed by atoms with Crippen molar-refractivity contribution in [3.8, 4) is 11.6 Å². The zero-order valence-electron chi connectivity index (χ0n) is 13.0. The van der Waals surface area contributed by atoms with E-state index in [4.69, 9.17) is 4.42 Å². The van der Waals surface area contributed by atoms with Crippen LogP contribution in [0.15, 0.2) is 51.9 Å². The summed E-state index contributed by atoms with van der Waals surface area (Å²) in [5, 5.41) is 0. The Bertz CT molecular complexity index is 901. The summed E-state index contributed by atoms with van der Waals surface area (Å²) in [5.74, 6) is 0.785. The van der Waals surface area contributed by atoms with Gasteiger partial charge in [0.15, 0.2) is 11.6 Å². The van der Waals surface area contributed by atoms with Crippen LogP contribution in [0.1, 0.15) is 16.8 Å². The van der Waals surface area contributed by atoms with Crippen molar-refractivity contribution in [2.75, 3.05) is 6.54 Å². The van der Waals surface area contributed by atoms with Gasteiger partial charge in [-0.1, -0.05) is 12.1 Å². The number of hydrogen-bond acceptors (Lipinski definition) is 4. The molecule has 4 rings (SSSR count). The highest BCUT2D eigenvalue weighted by atomic mass is 19.1. The van der Waals surface area contributed by atoms with Crippen molar-refractivity contribution >= 4 is 0 Å². The average molecular weight is 325 g/mol. The minimum absolute atomic E-state index is 0.129. The number of nitrogens with one attached hydrogen (secondary N) is 1. The molecule has 0 unspecified atom stereocenters. The van der Waals surface area contributed by atoms with E-state index in [-0.39, 0.29) is 11.4 Å². The maximum atomic E-state index is 13.0. The van der Waals surface area contributed by atoms with Crippen LogP contribution in [0.2, 0.25) is 0 Å². The van der Waals surface area contributed by atoms with E-state index in [9.17, 15) is 9.18 Å². The van der Waals surface area contributed by atoms with Crippen LogP contribution in [0.4, 0.5) is 4.39 Å². The summed E-state index contributed by atoms with van der Waals surface area (Å²) in [6, 6.07) is 9.99. The summed E-state index contributed by atoms with van der Waals surface area (Å²) < 4.78 is 18.3. The molecule has 1 aliphatic heterocycles. The van der Waals surface area contributed by atoms with E-state index >= 15 is 0 Å². The molecule has 0 atom stereocenters. The molecular formula is C18H16FN3O2. The molecule has 3 aromatic rings. The Morgan fingerprint density at radius 3 is 2.83 bits per heavy atom. The predicted octanol–water partition coefficient (Wildman–Crippen LogP) is 2.73. The van der Waals surface area contributed by atoms with Gasteiger partial charge in [-0.25, -0.2) is 9.37 Å². The number of nitrogens with zero attached hydrogens (tertiary/aromatic N) is 2. The Hall–Kier alpha value is -2.73. The highest BCUT2D eigenvalue weighted by molar-refractivity contribution is 5.47. The maximum absolute atomic E-state index is 13.0. The standard InChI is InChI=1S/C18H16FN3O2/c19-13-5-3-12(4-6-13)10-22-8-7-15-14(11-22)18(23)21-17(20-15)16-2-1-9-24-16/h1-6,9H,7-8,10-11H2,(H,20,21,23). The quantitative estimate of drug-likeness (QED) is 0.804. The smallest absolute Gasteiger partial charge is 0.256 e. The van der Waals surface area contributed by atoms with Gasteiger partial charge in [-0.3, -0.25) is 9.69 Å². The number of furan rings is 1. The van der Waals surface area contributed by atoms with Crippen molar-refractivity contribution < 1.29 is 8.81 Å². The molecule has 1 N–H and O–H groups in total. The third-order valence-corrected chi connectivity index (χ3v) is 4.22. The number of aromatic nitrogens is 2. The molecule has 122 valence electrons. The summed E-state index contributed by atoms with van der Waals surface area (Å²) in [7, 11) is 0. The van der Waals surface area contributed by atoms with E-state index in [1.54, 1.807) is 30.5 Å². The van der Waals surface area contributed by atoms with Crippen LogP contribution >= 0.6 is 0 Å². The van der Waals surface area contributed by atoms with Gasteiger partial charge < -0.3 is 9.40 Å². The van der Waals surface area contributed by atoms with Crippen molar-refractivity contribution in [3.63, 3.8) is 0 Å². The Labute approximate surface area is 137 Å². The monoisotopic (exact) mass is 325 g/mol. The van der Waals surface area contributed by atoms with Gasteiger partial charge in [-0.05, 0) is 29.8 Å². The zero-order valence-corrected chi connectivity index (χ0v) is 13.0. The molecule has 24 heavy (non-hydrogen) atoms. The SMILES string of the molecule is O=c1[nH]c(-c2ccco2)nc2c1CN(Cc1ccc(F)cc1)CC2. The van der Waals surface area contributed by atoms with E-state index in [2.05, 4.69) is 14.9 Å². The summed E-state index contributed by atoms with van der Waals surface area (Å²) in [5.41, 5.74) is 2.41. The predicted molar refractivity (Wildman–Crippen MR) is 86.8 cm³/mol. The number of hydrogen-bond donors (Lipinski definition) is 1. The Morgan fingerprint density at radius 1 is 1.25 bits per heavy atom. The molecule has 1 aromatic carbocycles. The maximum Gasteiger partial charge on any atom is 0.256 e. The largest absolute Gasteiger partial charge is 0.461 e. The van der Waals surface area contributed by atoms with Crippen molar-refractivity contribution in [2.45, 2.75) is 19.5 Å². The van der Waals surface area contributed by atoms with Crippen molar-refractivity contribution in [1.29, 1.82) is 0 Å². The van der Waals surface area contributed by atoms with Crippen LogP contribution in [-0.4, -0.2) is 21.4 Å². The fourth-order valence-corrected chi connectivity index (χ4v) is 2.99. The van der Waals surface area contributed by atoms with Crippen LogP contribution in [0.25, 0.3) is 11.6 Å². The Kier molecular flexibility index (Phi) is 3.74. The van der Waals surface area contributed by atoms with Crippen LogP contribution in [0.3, 0.4) is 0 Å². The van der Waals surface area contributed by atoms with Gasteiger partial charge in [0.2, 0.25) is 0 Å². The van der Waals surface area contributed by atoms with Gasteiger partial charge in [0.1, 0.15) is 5.82 Å². The van der Waals surface area contributed by atoms with Crippen LogP contribution in [-0.2, 0) is 19.5 Å². The third-order valence-electron chi connectivity index (χ3n) is 4.22. The van der Waals surface area contributed by atoms with Crippen LogP contribution in [0, 0.1) is 5.82 Å². The van der Waals surface area contributed by atoms with E-state index in [0.717, 1.165) is 17.8 Å². The lowest BCUT2D eigenvalue weighted by Crippen LogP contribution is -2.35. The summed E-state index contributed by atoms with van der Waals surface area (Å²) >= 11 is 0. The Morgan fingerprint density at radius 2 is 2.08 bits per heavy atom. The van der Waals surface area contributed by atoms with Gasteiger partial charge in [0, 0.05) is 26.1 Å². The minimum atomic E-state index is -0.242. The molecule has 0 radical (unpaired) electrons. The number of H-pyrrole nitrogens is 1. The lowest BCUT2D eigenvalue weighted by Gasteiger charge is -2.27. The molecule has 3 heterocycles. The number of benzene rings is 1. The highest BCUT2D eigenvalue weighted by Crippen LogP contribution is 2.20. The van der Waals surface area contributed by atoms with Crippen molar-refractivity contribution in [3.05, 3.63) is 75.7 Å². The molecular weight excluding hydrogens is 309 g/mol. The van der Waals surface area contributed by atoms with Gasteiger partial charge in [0.05, 0.1) is 17.5 Å². The Balaban J connectivity index is 1.57. The third kappa shape index (κ3) is 2.88. The summed E-state index contributed by atoms with van der Waals surface area (Å²) in [6.45, 7) is 2.02. The lowest BCUT2D eigenvalue weighted by atomic mass is 10.1. The number of rotatable bonds is 3. The van der Waals surface area contributed by atoms with Crippen molar-refractivity contribution in [1.82, 2.24) is 14.9 Å². The normalized spacial score (nSPS) is 14.5. The summed E-state index contributed by atoms with van der Waals surface area (Å²) in [4.78, 5) is 21.9. The number of halogens is 1. The highest BCUT2D eigenvalue weighted by Gasteiger charge is 2.22. The first-order valence-corrected chi connectivity index (χ1v) is 7.82. The first kappa shape index (κ1) is 14.8. The first-order chi connectivity index (χ1) is 11.7.